The lowest BCUT2D eigenvalue weighted by molar-refractivity contribution is 0.0450. The van der Waals surface area contributed by atoms with Gasteiger partial charge >= 0.3 is 23.9 Å². The Morgan fingerprint density at radius 3 is 1.11 bits per heavy atom. The smallest absolute Gasteiger partial charge is 0.339 e. The Kier molecular flexibility index (Phi) is 21.6. The van der Waals surface area contributed by atoms with Crippen molar-refractivity contribution >= 4 is 23.9 Å². The van der Waals surface area contributed by atoms with Crippen molar-refractivity contribution in [3.8, 4) is 0 Å². The number of aromatic carboxylic acids is 1. The van der Waals surface area contributed by atoms with E-state index in [9.17, 15) is 19.2 Å². The van der Waals surface area contributed by atoms with Crippen LogP contribution in [0.4, 0.5) is 0 Å². The largest absolute Gasteiger partial charge is 0.478 e. The lowest BCUT2D eigenvalue weighted by atomic mass is 10.1. The van der Waals surface area contributed by atoms with Gasteiger partial charge in [-0.3, -0.25) is 0 Å². The van der Waals surface area contributed by atoms with Crippen LogP contribution in [0.2, 0.25) is 0 Å². The molecule has 0 bridgehead atoms. The molecule has 8 nitrogen and oxygen atoms in total. The molecule has 0 radical (unpaired) electrons. The van der Waals surface area contributed by atoms with Gasteiger partial charge in [0.05, 0.1) is 42.1 Å². The van der Waals surface area contributed by atoms with E-state index in [2.05, 4.69) is 13.8 Å². The first-order valence-electron chi connectivity index (χ1n) is 16.3. The van der Waals surface area contributed by atoms with Crippen molar-refractivity contribution in [3.05, 3.63) is 70.8 Å². The van der Waals surface area contributed by atoms with Crippen LogP contribution in [0.25, 0.3) is 0 Å². The summed E-state index contributed by atoms with van der Waals surface area (Å²) in [5.74, 6) is -2.59. The maximum Gasteiger partial charge on any atom is 0.339 e. The molecule has 0 heterocycles. The second-order valence-corrected chi connectivity index (χ2v) is 10.7. The molecule has 0 aliphatic carbocycles. The number of carbonyl (C=O) groups excluding carboxylic acids is 3. The van der Waals surface area contributed by atoms with Gasteiger partial charge in [-0.2, -0.15) is 0 Å². The summed E-state index contributed by atoms with van der Waals surface area (Å²) in [6, 6.07) is 12.8. The van der Waals surface area contributed by atoms with Gasteiger partial charge in [0, 0.05) is 0 Å². The molecule has 0 fully saturated rings. The van der Waals surface area contributed by atoms with E-state index in [1.54, 1.807) is 36.4 Å². The van der Waals surface area contributed by atoms with E-state index in [1.807, 2.05) is 6.92 Å². The van der Waals surface area contributed by atoms with Crippen molar-refractivity contribution in [2.45, 2.75) is 111 Å². The molecule has 0 atom stereocenters. The Labute approximate surface area is 263 Å². The predicted molar refractivity (Wildman–Crippen MR) is 172 cm³/mol. The Morgan fingerprint density at radius 2 is 0.750 bits per heavy atom. The van der Waals surface area contributed by atoms with Gasteiger partial charge in [0.2, 0.25) is 0 Å². The molecule has 244 valence electrons. The summed E-state index contributed by atoms with van der Waals surface area (Å²) >= 11 is 0. The first-order chi connectivity index (χ1) is 21.4. The van der Waals surface area contributed by atoms with Crippen LogP contribution in [0.15, 0.2) is 48.5 Å². The van der Waals surface area contributed by atoms with Crippen molar-refractivity contribution in [2.75, 3.05) is 19.8 Å². The van der Waals surface area contributed by atoms with Gasteiger partial charge < -0.3 is 19.3 Å². The van der Waals surface area contributed by atoms with Gasteiger partial charge in [0.1, 0.15) is 0 Å². The fourth-order valence-corrected chi connectivity index (χ4v) is 4.32. The van der Waals surface area contributed by atoms with Crippen LogP contribution in [0.1, 0.15) is 152 Å². The third-order valence-electron chi connectivity index (χ3n) is 6.94. The van der Waals surface area contributed by atoms with E-state index < -0.39 is 23.9 Å². The number of esters is 3. The van der Waals surface area contributed by atoms with Crippen molar-refractivity contribution in [3.63, 3.8) is 0 Å². The fraction of sp³-hybridized carbons (Fsp3) is 0.556. The van der Waals surface area contributed by atoms with Crippen molar-refractivity contribution in [2.24, 2.45) is 0 Å². The fourth-order valence-electron chi connectivity index (χ4n) is 4.32. The third-order valence-corrected chi connectivity index (χ3v) is 6.94. The minimum atomic E-state index is -1.12. The predicted octanol–water partition coefficient (Wildman–Crippen LogP) is 9.06. The van der Waals surface area contributed by atoms with Gasteiger partial charge in [-0.15, -0.1) is 0 Å². The molecule has 0 unspecified atom stereocenters. The molecule has 44 heavy (non-hydrogen) atoms. The van der Waals surface area contributed by atoms with E-state index in [4.69, 9.17) is 19.3 Å². The topological polar surface area (TPSA) is 116 Å². The number of unbranched alkanes of at least 4 members (excludes halogenated alkanes) is 11. The maximum absolute atomic E-state index is 12.4. The highest BCUT2D eigenvalue weighted by molar-refractivity contribution is 6.03. The number of carboxylic acid groups (broad SMARTS) is 1. The van der Waals surface area contributed by atoms with Crippen molar-refractivity contribution in [1.29, 1.82) is 0 Å². The molecule has 0 amide bonds. The lowest BCUT2D eigenvalue weighted by Gasteiger charge is -2.10. The van der Waals surface area contributed by atoms with Gasteiger partial charge in [-0.05, 0) is 43.5 Å². The van der Waals surface area contributed by atoms with Gasteiger partial charge in [-0.25, -0.2) is 19.2 Å². The van der Waals surface area contributed by atoms with E-state index in [0.29, 0.717) is 30.9 Å². The summed E-state index contributed by atoms with van der Waals surface area (Å²) in [7, 11) is 0. The Balaban J connectivity index is 0.000000511. The SMILES string of the molecule is CCCCCCCCOC(=O)c1ccccc1C(=O)OCCCCCCCC.CCCCOC(=O)c1ccccc1C(=O)O. The number of benzene rings is 2. The molecule has 0 aromatic heterocycles. The second kappa shape index (κ2) is 24.7. The summed E-state index contributed by atoms with van der Waals surface area (Å²) < 4.78 is 15.7. The van der Waals surface area contributed by atoms with Crippen LogP contribution in [-0.4, -0.2) is 48.8 Å². The molecule has 2 rings (SSSR count). The number of ether oxygens (including phenoxy) is 3. The Hall–Kier alpha value is -3.68. The van der Waals surface area contributed by atoms with Crippen LogP contribution >= 0.6 is 0 Å². The summed E-state index contributed by atoms with van der Waals surface area (Å²) in [6.45, 7) is 7.48. The average Bonchev–Trinajstić information content (AvgIpc) is 3.04. The molecular weight excluding hydrogens is 560 g/mol. The monoisotopic (exact) mass is 612 g/mol. The number of hydrogen-bond donors (Lipinski definition) is 1. The van der Waals surface area contributed by atoms with Crippen LogP contribution < -0.4 is 0 Å². The molecule has 8 heteroatoms. The number of carboxylic acids is 1. The van der Waals surface area contributed by atoms with Crippen LogP contribution in [0.3, 0.4) is 0 Å². The minimum Gasteiger partial charge on any atom is -0.478 e. The molecule has 1 N–H and O–H groups in total. The maximum atomic E-state index is 12.4. The molecule has 0 saturated heterocycles. The summed E-state index contributed by atoms with van der Waals surface area (Å²) in [5, 5.41) is 8.88. The minimum absolute atomic E-state index is 0.0241. The number of hydrogen-bond acceptors (Lipinski definition) is 7. The lowest BCUT2D eigenvalue weighted by Crippen LogP contribution is -2.15. The van der Waals surface area contributed by atoms with Crippen LogP contribution in [-0.2, 0) is 14.2 Å². The molecule has 2 aromatic rings. The molecule has 0 saturated carbocycles. The van der Waals surface area contributed by atoms with Crippen molar-refractivity contribution in [1.82, 2.24) is 0 Å². The number of carbonyl (C=O) groups is 4. The highest BCUT2D eigenvalue weighted by atomic mass is 16.5. The summed E-state index contributed by atoms with van der Waals surface area (Å²) in [5.41, 5.74) is 0.665. The third kappa shape index (κ3) is 16.2. The normalized spacial score (nSPS) is 10.3. The van der Waals surface area contributed by atoms with E-state index in [1.165, 1.54) is 63.5 Å². The zero-order valence-corrected chi connectivity index (χ0v) is 26.9. The van der Waals surface area contributed by atoms with E-state index in [-0.39, 0.29) is 11.1 Å². The van der Waals surface area contributed by atoms with Gasteiger partial charge in [0.15, 0.2) is 0 Å². The highest BCUT2D eigenvalue weighted by Crippen LogP contribution is 2.14. The van der Waals surface area contributed by atoms with Gasteiger partial charge in [0.25, 0.3) is 0 Å². The van der Waals surface area contributed by atoms with Crippen LogP contribution in [0.5, 0.6) is 0 Å². The zero-order chi connectivity index (χ0) is 32.4. The molecule has 0 aliphatic heterocycles. The zero-order valence-electron chi connectivity index (χ0n) is 26.9. The molecule has 2 aromatic carbocycles. The Morgan fingerprint density at radius 1 is 0.455 bits per heavy atom. The molecular formula is C36H52O8. The van der Waals surface area contributed by atoms with Gasteiger partial charge in [-0.1, -0.05) is 116 Å². The summed E-state index contributed by atoms with van der Waals surface area (Å²) in [6.07, 6.45) is 15.3. The van der Waals surface area contributed by atoms with E-state index >= 15 is 0 Å². The molecule has 0 aliphatic rings. The van der Waals surface area contributed by atoms with Crippen LogP contribution in [0, 0.1) is 0 Å². The summed E-state index contributed by atoms with van der Waals surface area (Å²) in [4.78, 5) is 47.1. The van der Waals surface area contributed by atoms with E-state index in [0.717, 1.165) is 38.5 Å². The first-order valence-corrected chi connectivity index (χ1v) is 16.3. The molecule has 0 spiro atoms. The first kappa shape index (κ1) is 38.3. The Bertz CT molecular complexity index is 1060. The number of rotatable bonds is 21. The standard InChI is InChI=1S/C24H38O4.C12H14O4/c1-3-5-7-9-11-15-19-27-23(25)21-17-13-14-18-22(21)24(26)28-20-16-12-10-8-6-4-2;1-2-3-8-16-12(15)10-7-5-4-6-9(10)11(13)14/h13-14,17-18H,3-12,15-16,19-20H2,1-2H3;4-7H,2-3,8H2,1H3,(H,13,14). The average molecular weight is 613 g/mol. The second-order valence-electron chi connectivity index (χ2n) is 10.7. The highest BCUT2D eigenvalue weighted by Gasteiger charge is 2.19. The quantitative estimate of drug-likeness (QED) is 0.0843. The van der Waals surface area contributed by atoms with Crippen molar-refractivity contribution < 1.29 is 38.5 Å².